The molecule has 0 saturated heterocycles. The molecule has 0 spiro atoms. The monoisotopic (exact) mass is 336 g/mol. The number of benzene rings is 2. The first kappa shape index (κ1) is 15.2. The molecule has 0 N–H and O–H groups in total. The van der Waals surface area contributed by atoms with Crippen LogP contribution in [0.3, 0.4) is 0 Å². The molecule has 0 aromatic heterocycles. The van der Waals surface area contributed by atoms with Gasteiger partial charge in [0.1, 0.15) is 0 Å². The number of halogens is 1. The maximum absolute atomic E-state index is 12.8. The molecule has 0 unspecified atom stereocenters. The van der Waals surface area contributed by atoms with Crippen LogP contribution in [0.15, 0.2) is 48.5 Å². The summed E-state index contributed by atoms with van der Waals surface area (Å²) >= 11 is 6.10. The van der Waals surface area contributed by atoms with E-state index in [4.69, 9.17) is 11.6 Å². The molecule has 22 heavy (non-hydrogen) atoms. The van der Waals surface area contributed by atoms with E-state index in [1.807, 2.05) is 31.3 Å². The lowest BCUT2D eigenvalue weighted by Crippen LogP contribution is -2.43. The minimum Gasteiger partial charge on any atom is -0.371 e. The number of para-hydroxylation sites is 2. The van der Waals surface area contributed by atoms with Crippen molar-refractivity contribution in [1.82, 2.24) is 0 Å². The zero-order valence-electron chi connectivity index (χ0n) is 12.2. The Kier molecular flexibility index (Phi) is 4.02. The van der Waals surface area contributed by atoms with Crippen molar-refractivity contribution < 1.29 is 8.42 Å². The molecule has 0 atom stereocenters. The summed E-state index contributed by atoms with van der Waals surface area (Å²) in [6, 6.07) is 14.6. The third kappa shape index (κ3) is 2.78. The largest absolute Gasteiger partial charge is 0.371 e. The highest BCUT2D eigenvalue weighted by Gasteiger charge is 2.29. The third-order valence-electron chi connectivity index (χ3n) is 3.83. The van der Waals surface area contributed by atoms with E-state index in [9.17, 15) is 8.42 Å². The van der Waals surface area contributed by atoms with Crippen molar-refractivity contribution in [3.05, 3.63) is 59.1 Å². The summed E-state index contributed by atoms with van der Waals surface area (Å²) in [7, 11) is -1.50. The van der Waals surface area contributed by atoms with Crippen molar-refractivity contribution in [2.75, 3.05) is 29.3 Å². The van der Waals surface area contributed by atoms with Crippen LogP contribution in [0.2, 0.25) is 5.02 Å². The van der Waals surface area contributed by atoms with Gasteiger partial charge in [-0.1, -0.05) is 41.9 Å². The Morgan fingerprint density at radius 3 is 2.36 bits per heavy atom. The lowest BCUT2D eigenvalue weighted by Gasteiger charge is -2.36. The highest BCUT2D eigenvalue weighted by molar-refractivity contribution is 7.92. The normalized spacial score (nSPS) is 14.8. The summed E-state index contributed by atoms with van der Waals surface area (Å²) in [6.45, 7) is 1.11. The van der Waals surface area contributed by atoms with E-state index in [-0.39, 0.29) is 5.75 Å². The lowest BCUT2D eigenvalue weighted by molar-refractivity contribution is 0.588. The van der Waals surface area contributed by atoms with Gasteiger partial charge in [0.05, 0.1) is 23.7 Å². The van der Waals surface area contributed by atoms with Gasteiger partial charge in [-0.05, 0) is 23.8 Å². The van der Waals surface area contributed by atoms with Gasteiger partial charge < -0.3 is 4.90 Å². The average Bonchev–Trinajstić information content (AvgIpc) is 2.50. The number of anilines is 2. The van der Waals surface area contributed by atoms with Gasteiger partial charge in [0.15, 0.2) is 0 Å². The van der Waals surface area contributed by atoms with Crippen molar-refractivity contribution in [2.24, 2.45) is 0 Å². The van der Waals surface area contributed by atoms with Crippen molar-refractivity contribution >= 4 is 33.0 Å². The van der Waals surface area contributed by atoms with Crippen LogP contribution in [-0.4, -0.2) is 28.6 Å². The maximum atomic E-state index is 12.8. The fourth-order valence-corrected chi connectivity index (χ4v) is 4.55. The Hall–Kier alpha value is -1.72. The van der Waals surface area contributed by atoms with Crippen LogP contribution in [-0.2, 0) is 15.8 Å². The van der Waals surface area contributed by atoms with Gasteiger partial charge >= 0.3 is 0 Å². The van der Waals surface area contributed by atoms with Crippen molar-refractivity contribution in [1.29, 1.82) is 0 Å². The van der Waals surface area contributed by atoms with Crippen LogP contribution in [0.25, 0.3) is 0 Å². The van der Waals surface area contributed by atoms with Crippen LogP contribution in [0.5, 0.6) is 0 Å². The summed E-state index contributed by atoms with van der Waals surface area (Å²) < 4.78 is 27.1. The van der Waals surface area contributed by atoms with Crippen LogP contribution < -0.4 is 9.21 Å². The van der Waals surface area contributed by atoms with Crippen LogP contribution in [0.1, 0.15) is 5.56 Å². The zero-order valence-corrected chi connectivity index (χ0v) is 13.8. The molecule has 0 amide bonds. The molecule has 6 heteroatoms. The smallest absolute Gasteiger partial charge is 0.239 e. The molecule has 0 saturated carbocycles. The van der Waals surface area contributed by atoms with E-state index < -0.39 is 10.0 Å². The molecule has 116 valence electrons. The van der Waals surface area contributed by atoms with Gasteiger partial charge in [0.25, 0.3) is 0 Å². The SMILES string of the molecule is CN1CCN(S(=O)(=O)Cc2ccccc2Cl)c2ccccc21. The Bertz CT molecular complexity index is 792. The van der Waals surface area contributed by atoms with Crippen molar-refractivity contribution in [3.8, 4) is 0 Å². The number of sulfonamides is 1. The van der Waals surface area contributed by atoms with Gasteiger partial charge in [-0.15, -0.1) is 0 Å². The highest BCUT2D eigenvalue weighted by atomic mass is 35.5. The summed E-state index contributed by atoms with van der Waals surface area (Å²) in [5, 5.41) is 0.480. The van der Waals surface area contributed by atoms with Crippen LogP contribution >= 0.6 is 11.6 Å². The third-order valence-corrected chi connectivity index (χ3v) is 5.93. The number of fused-ring (bicyclic) bond motifs is 1. The van der Waals surface area contributed by atoms with E-state index >= 15 is 0 Å². The minimum absolute atomic E-state index is 0.0925. The Morgan fingerprint density at radius 1 is 1.00 bits per heavy atom. The Morgan fingerprint density at radius 2 is 1.64 bits per heavy atom. The van der Waals surface area contributed by atoms with E-state index in [2.05, 4.69) is 4.90 Å². The summed E-state index contributed by atoms with van der Waals surface area (Å²) in [5.74, 6) is -0.0925. The predicted octanol–water partition coefficient (Wildman–Crippen LogP) is 3.13. The summed E-state index contributed by atoms with van der Waals surface area (Å²) in [5.41, 5.74) is 2.28. The van der Waals surface area contributed by atoms with E-state index in [0.717, 1.165) is 11.4 Å². The van der Waals surface area contributed by atoms with E-state index in [0.29, 0.717) is 23.7 Å². The maximum Gasteiger partial charge on any atom is 0.239 e. The second-order valence-electron chi connectivity index (χ2n) is 5.33. The molecule has 2 aromatic rings. The number of likely N-dealkylation sites (N-methyl/N-ethyl adjacent to an activating group) is 1. The summed E-state index contributed by atoms with van der Waals surface area (Å²) in [4.78, 5) is 2.07. The molecular weight excluding hydrogens is 320 g/mol. The van der Waals surface area contributed by atoms with Gasteiger partial charge in [0.2, 0.25) is 10.0 Å². The molecule has 2 aromatic carbocycles. The molecule has 4 nitrogen and oxygen atoms in total. The van der Waals surface area contributed by atoms with Crippen molar-refractivity contribution in [2.45, 2.75) is 5.75 Å². The van der Waals surface area contributed by atoms with Crippen LogP contribution in [0, 0.1) is 0 Å². The fraction of sp³-hybridized carbons (Fsp3) is 0.250. The molecule has 0 aliphatic carbocycles. The second kappa shape index (κ2) is 5.82. The quantitative estimate of drug-likeness (QED) is 0.864. The van der Waals surface area contributed by atoms with Crippen LogP contribution in [0.4, 0.5) is 11.4 Å². The molecule has 0 bridgehead atoms. The molecular formula is C16H17ClN2O2S. The zero-order chi connectivity index (χ0) is 15.7. The number of nitrogens with zero attached hydrogens (tertiary/aromatic N) is 2. The Balaban J connectivity index is 1.97. The topological polar surface area (TPSA) is 40.6 Å². The molecule has 3 rings (SSSR count). The summed E-state index contributed by atoms with van der Waals surface area (Å²) in [6.07, 6.45) is 0. The number of rotatable bonds is 3. The highest BCUT2D eigenvalue weighted by Crippen LogP contribution is 2.34. The lowest BCUT2D eigenvalue weighted by atomic mass is 10.2. The first-order valence-corrected chi connectivity index (χ1v) is 9.02. The molecule has 0 fully saturated rings. The van der Waals surface area contributed by atoms with E-state index in [1.54, 1.807) is 24.3 Å². The molecule has 1 aliphatic heterocycles. The van der Waals surface area contributed by atoms with Gasteiger partial charge in [0, 0.05) is 18.6 Å². The first-order chi connectivity index (χ1) is 10.5. The Labute approximate surface area is 136 Å². The van der Waals surface area contributed by atoms with Gasteiger partial charge in [-0.3, -0.25) is 4.31 Å². The van der Waals surface area contributed by atoms with Crippen molar-refractivity contribution in [3.63, 3.8) is 0 Å². The fourth-order valence-electron chi connectivity index (χ4n) is 2.66. The standard InChI is InChI=1S/C16H17ClN2O2S/c1-18-10-11-19(16-9-5-4-8-15(16)18)22(20,21)12-13-6-2-3-7-14(13)17/h2-9H,10-12H2,1H3. The minimum atomic E-state index is -3.47. The van der Waals surface area contributed by atoms with Gasteiger partial charge in [-0.25, -0.2) is 8.42 Å². The van der Waals surface area contributed by atoms with Gasteiger partial charge in [-0.2, -0.15) is 0 Å². The molecule has 1 heterocycles. The number of hydrogen-bond donors (Lipinski definition) is 0. The number of hydrogen-bond acceptors (Lipinski definition) is 3. The van der Waals surface area contributed by atoms with E-state index in [1.165, 1.54) is 4.31 Å². The predicted molar refractivity (Wildman–Crippen MR) is 91.1 cm³/mol. The first-order valence-electron chi connectivity index (χ1n) is 7.03. The second-order valence-corrected chi connectivity index (χ2v) is 7.63. The average molecular weight is 337 g/mol. The molecule has 0 radical (unpaired) electrons. The molecule has 1 aliphatic rings.